The second kappa shape index (κ2) is 16.1. The van der Waals surface area contributed by atoms with Crippen molar-refractivity contribution in [3.05, 3.63) is 66.7 Å². The number of aromatic nitrogens is 1. The summed E-state index contributed by atoms with van der Waals surface area (Å²) < 4.78 is 23.2. The molecule has 3 aliphatic rings. The molecule has 0 spiro atoms. The molecule has 2 fully saturated rings. The monoisotopic (exact) mass is 744 g/mol. The smallest absolute Gasteiger partial charge is 0.408 e. The summed E-state index contributed by atoms with van der Waals surface area (Å²) in [5.74, 6) is 0.559. The number of carbonyl (C=O) groups is 4. The third-order valence-corrected chi connectivity index (χ3v) is 10.6. The van der Waals surface area contributed by atoms with Crippen molar-refractivity contribution in [3.8, 4) is 22.8 Å². The summed E-state index contributed by atoms with van der Waals surface area (Å²) in [4.78, 5) is 61.5. The maximum Gasteiger partial charge on any atom is 0.408 e. The molecular weight excluding hydrogens is 697 g/mol. The predicted molar refractivity (Wildman–Crippen MR) is 203 cm³/mol. The number of pyridine rings is 1. The Labute approximate surface area is 314 Å². The van der Waals surface area contributed by atoms with E-state index in [1.807, 2.05) is 66.7 Å². The Hall–Kier alpha value is -4.78. The van der Waals surface area contributed by atoms with Gasteiger partial charge in [0.25, 0.3) is 0 Å². The van der Waals surface area contributed by atoms with Crippen LogP contribution in [0.25, 0.3) is 22.2 Å². The van der Waals surface area contributed by atoms with E-state index in [2.05, 4.69) is 10.6 Å². The number of hydrogen-bond acceptors (Lipinski definition) is 10. The number of methoxy groups -OCH3 is 1. The van der Waals surface area contributed by atoms with Gasteiger partial charge < -0.3 is 34.5 Å². The van der Waals surface area contributed by atoms with Crippen molar-refractivity contribution >= 4 is 46.5 Å². The molecule has 53 heavy (non-hydrogen) atoms. The van der Waals surface area contributed by atoms with Crippen molar-refractivity contribution in [2.45, 2.75) is 82.7 Å². The highest BCUT2D eigenvalue weighted by Crippen LogP contribution is 2.46. The van der Waals surface area contributed by atoms with Crippen LogP contribution >= 0.6 is 11.8 Å². The summed E-state index contributed by atoms with van der Waals surface area (Å²) in [5.41, 5.74) is 0.239. The van der Waals surface area contributed by atoms with Crippen LogP contribution in [0.4, 0.5) is 4.79 Å². The number of thioether (sulfide) groups is 1. The first kappa shape index (κ1) is 38.0. The predicted octanol–water partition coefficient (Wildman–Crippen LogP) is 5.67. The standard InChI is InChI=1S/C40H48N4O8S/c1-6-50-37(47)40-22-26(40)15-11-8-12-18-53-24-32(42-38(48)52-39(2,3)4)36(46)44-23-28(20-33(44)35(45)43-40)51-34-21-30(25-13-9-7-10-14-25)41-31-19-27(49-5)16-17-29(31)34/h7,9-11,13-17,19,21,26,28,32-33H,6,8,12,18,20,22-24H2,1-5H3,(H,42,48)(H,43,45)/t26?,28-,32+,33+,40-/m1/s1. The van der Waals surface area contributed by atoms with Crippen molar-refractivity contribution in [1.29, 1.82) is 0 Å². The molecule has 5 atom stereocenters. The highest BCUT2D eigenvalue weighted by atomic mass is 32.2. The average Bonchev–Trinajstić information content (AvgIpc) is 3.66. The third-order valence-electron chi connectivity index (χ3n) is 9.49. The molecule has 0 radical (unpaired) electrons. The number of nitrogens with one attached hydrogen (secondary N) is 2. The SMILES string of the molecule is CCOC(=O)[C@@]12CC1C=CCCCSC[C@H](NC(=O)OC(C)(C)C)C(=O)N1C[C@H](Oc3cc(-c4ccccc4)nc4cc(OC)ccc34)C[C@H]1C(=O)N2. The zero-order chi connectivity index (χ0) is 37.8. The first-order valence-electron chi connectivity index (χ1n) is 18.1. The van der Waals surface area contributed by atoms with E-state index in [1.165, 1.54) is 4.90 Å². The molecule has 6 rings (SSSR count). The number of allylic oxidation sites excluding steroid dienone is 1. The van der Waals surface area contributed by atoms with Crippen LogP contribution in [0, 0.1) is 5.92 Å². The molecule has 282 valence electrons. The molecule has 2 N–H and O–H groups in total. The molecule has 3 amide bonds. The van der Waals surface area contributed by atoms with E-state index in [9.17, 15) is 19.2 Å². The first-order chi connectivity index (χ1) is 25.4. The average molecular weight is 745 g/mol. The zero-order valence-corrected chi connectivity index (χ0v) is 31.7. The Kier molecular flexibility index (Phi) is 11.5. The molecule has 2 aliphatic heterocycles. The van der Waals surface area contributed by atoms with E-state index in [0.29, 0.717) is 29.1 Å². The van der Waals surface area contributed by atoms with Crippen LogP contribution in [0.15, 0.2) is 66.7 Å². The van der Waals surface area contributed by atoms with Crippen molar-refractivity contribution < 1.29 is 38.1 Å². The molecule has 2 aromatic carbocycles. The van der Waals surface area contributed by atoms with Gasteiger partial charge in [0.2, 0.25) is 11.8 Å². The molecule has 1 unspecified atom stereocenters. The maximum atomic E-state index is 14.5. The number of amides is 3. The van der Waals surface area contributed by atoms with E-state index >= 15 is 0 Å². The molecule has 0 bridgehead atoms. The Morgan fingerprint density at radius 1 is 1.11 bits per heavy atom. The molecule has 1 saturated carbocycles. The van der Waals surface area contributed by atoms with E-state index in [0.717, 1.165) is 29.5 Å². The second-order valence-corrected chi connectivity index (χ2v) is 15.7. The molecular formula is C40H48N4O8S. The van der Waals surface area contributed by atoms with E-state index < -0.39 is 53.2 Å². The second-order valence-electron chi connectivity index (χ2n) is 14.6. The Bertz CT molecular complexity index is 1860. The number of rotatable bonds is 7. The van der Waals surface area contributed by atoms with Crippen molar-refractivity contribution in [3.63, 3.8) is 0 Å². The summed E-state index contributed by atoms with van der Waals surface area (Å²) in [6.45, 7) is 7.22. The van der Waals surface area contributed by atoms with Gasteiger partial charge in [-0.15, -0.1) is 0 Å². The lowest BCUT2D eigenvalue weighted by Gasteiger charge is -2.30. The Balaban J connectivity index is 1.35. The van der Waals surface area contributed by atoms with Crippen LogP contribution in [0.2, 0.25) is 0 Å². The van der Waals surface area contributed by atoms with Crippen LogP contribution in [-0.2, 0) is 23.9 Å². The minimum Gasteiger partial charge on any atom is -0.497 e. The number of nitrogens with zero attached hydrogens (tertiary/aromatic N) is 2. The van der Waals surface area contributed by atoms with Crippen LogP contribution in [0.5, 0.6) is 11.5 Å². The summed E-state index contributed by atoms with van der Waals surface area (Å²) in [6.07, 6.45) is 4.82. The number of esters is 1. The maximum absolute atomic E-state index is 14.5. The van der Waals surface area contributed by atoms with Gasteiger partial charge in [-0.2, -0.15) is 11.8 Å². The summed E-state index contributed by atoms with van der Waals surface area (Å²) in [6, 6.07) is 15.2. The van der Waals surface area contributed by atoms with Crippen LogP contribution < -0.4 is 20.1 Å². The zero-order valence-electron chi connectivity index (χ0n) is 30.9. The van der Waals surface area contributed by atoms with E-state index in [1.54, 1.807) is 46.6 Å². The third kappa shape index (κ3) is 8.89. The van der Waals surface area contributed by atoms with E-state index in [4.69, 9.17) is 23.9 Å². The van der Waals surface area contributed by atoms with Gasteiger partial charge in [0.05, 0.1) is 31.5 Å². The Morgan fingerprint density at radius 3 is 2.64 bits per heavy atom. The highest BCUT2D eigenvalue weighted by Gasteiger charge is 2.62. The minimum absolute atomic E-state index is 0.0600. The summed E-state index contributed by atoms with van der Waals surface area (Å²) in [5, 5.41) is 6.51. The van der Waals surface area contributed by atoms with Gasteiger partial charge in [-0.3, -0.25) is 9.59 Å². The number of benzene rings is 2. The number of alkyl carbamates (subject to hydrolysis) is 1. The van der Waals surface area contributed by atoms with Gasteiger partial charge in [-0.05, 0) is 64.8 Å². The summed E-state index contributed by atoms with van der Waals surface area (Å²) >= 11 is 1.55. The fourth-order valence-electron chi connectivity index (χ4n) is 6.81. The van der Waals surface area contributed by atoms with Crippen LogP contribution in [0.1, 0.15) is 53.4 Å². The number of carbonyl (C=O) groups excluding carboxylic acids is 4. The summed E-state index contributed by atoms with van der Waals surface area (Å²) in [7, 11) is 1.59. The molecule has 1 saturated heterocycles. The van der Waals surface area contributed by atoms with Crippen LogP contribution in [0.3, 0.4) is 0 Å². The number of hydrogen-bond donors (Lipinski definition) is 2. The molecule has 3 aromatic rings. The molecule has 12 nitrogen and oxygen atoms in total. The molecule has 1 aliphatic carbocycles. The van der Waals surface area contributed by atoms with Gasteiger partial charge in [-0.1, -0.05) is 42.5 Å². The first-order valence-corrected chi connectivity index (χ1v) is 19.3. The lowest BCUT2D eigenvalue weighted by molar-refractivity contribution is -0.150. The minimum atomic E-state index is -1.22. The van der Waals surface area contributed by atoms with Crippen molar-refractivity contribution in [2.75, 3.05) is 31.8 Å². The van der Waals surface area contributed by atoms with Gasteiger partial charge in [0.1, 0.15) is 40.8 Å². The highest BCUT2D eigenvalue weighted by molar-refractivity contribution is 7.99. The van der Waals surface area contributed by atoms with Crippen molar-refractivity contribution in [2.24, 2.45) is 5.92 Å². The number of ether oxygens (including phenoxy) is 4. The molecule has 3 heterocycles. The lowest BCUT2D eigenvalue weighted by atomic mass is 10.1. The van der Waals surface area contributed by atoms with Crippen LogP contribution in [-0.4, -0.2) is 94.9 Å². The fourth-order valence-corrected chi connectivity index (χ4v) is 7.81. The van der Waals surface area contributed by atoms with Gasteiger partial charge >= 0.3 is 12.1 Å². The van der Waals surface area contributed by atoms with E-state index in [-0.39, 0.29) is 31.2 Å². The van der Waals surface area contributed by atoms with Gasteiger partial charge in [-0.25, -0.2) is 14.6 Å². The molecule has 1 aromatic heterocycles. The topological polar surface area (TPSA) is 145 Å². The quantitative estimate of drug-likeness (QED) is 0.229. The van der Waals surface area contributed by atoms with Gasteiger partial charge in [0.15, 0.2) is 0 Å². The lowest BCUT2D eigenvalue weighted by Crippen LogP contribution is -2.57. The Morgan fingerprint density at radius 2 is 1.91 bits per heavy atom. The fraction of sp³-hybridized carbons (Fsp3) is 0.475. The largest absolute Gasteiger partial charge is 0.497 e. The van der Waals surface area contributed by atoms with Crippen molar-refractivity contribution in [1.82, 2.24) is 20.5 Å². The number of fused-ring (bicyclic) bond motifs is 3. The van der Waals surface area contributed by atoms with Gasteiger partial charge in [0, 0.05) is 41.2 Å². The molecule has 13 heteroatoms. The normalized spacial score (nSPS) is 24.9.